The molecular weight excluding hydrogens is 420 g/mol. The van der Waals surface area contributed by atoms with Gasteiger partial charge in [0.15, 0.2) is 5.82 Å². The lowest BCUT2D eigenvalue weighted by Crippen LogP contribution is -2.51. The molecule has 1 saturated carbocycles. The minimum atomic E-state index is 0.553. The SMILES string of the molecule is c1ccc(Oc2ccccc2-c2ccc(N3CCC4(CC3)CCN(C3CCC3)CC4)nn2)cc1. The second-order valence-electron chi connectivity index (χ2n) is 10.3. The average molecular weight is 455 g/mol. The number of nitrogens with zero attached hydrogens (tertiary/aromatic N) is 4. The highest BCUT2D eigenvalue weighted by Crippen LogP contribution is 2.43. The quantitative estimate of drug-likeness (QED) is 0.461. The Balaban J connectivity index is 1.10. The molecule has 2 aromatic carbocycles. The predicted molar refractivity (Wildman–Crippen MR) is 136 cm³/mol. The van der Waals surface area contributed by atoms with Crippen molar-refractivity contribution in [2.75, 3.05) is 31.1 Å². The summed E-state index contributed by atoms with van der Waals surface area (Å²) < 4.78 is 6.13. The lowest BCUT2D eigenvalue weighted by molar-refractivity contribution is 0.0305. The molecule has 1 spiro atoms. The van der Waals surface area contributed by atoms with Gasteiger partial charge in [0.2, 0.25) is 0 Å². The zero-order chi connectivity index (χ0) is 22.8. The van der Waals surface area contributed by atoms with Crippen molar-refractivity contribution in [1.82, 2.24) is 15.1 Å². The van der Waals surface area contributed by atoms with E-state index >= 15 is 0 Å². The monoisotopic (exact) mass is 454 g/mol. The van der Waals surface area contributed by atoms with Crippen LogP contribution in [0.15, 0.2) is 66.7 Å². The summed E-state index contributed by atoms with van der Waals surface area (Å²) in [6.07, 6.45) is 9.61. The van der Waals surface area contributed by atoms with E-state index in [-0.39, 0.29) is 0 Å². The fourth-order valence-electron chi connectivity index (χ4n) is 5.85. The van der Waals surface area contributed by atoms with E-state index in [1.54, 1.807) is 0 Å². The lowest BCUT2D eigenvalue weighted by atomic mass is 9.70. The van der Waals surface area contributed by atoms with Gasteiger partial charge in [0.25, 0.3) is 0 Å². The van der Waals surface area contributed by atoms with Crippen LogP contribution in [-0.4, -0.2) is 47.3 Å². The highest BCUT2D eigenvalue weighted by molar-refractivity contribution is 5.68. The predicted octanol–water partition coefficient (Wildman–Crippen LogP) is 6.17. The van der Waals surface area contributed by atoms with Crippen molar-refractivity contribution in [3.05, 3.63) is 66.7 Å². The van der Waals surface area contributed by atoms with Gasteiger partial charge in [-0.3, -0.25) is 0 Å². The van der Waals surface area contributed by atoms with Crippen LogP contribution in [-0.2, 0) is 0 Å². The van der Waals surface area contributed by atoms with Gasteiger partial charge in [-0.05, 0) is 93.4 Å². The van der Waals surface area contributed by atoms with Gasteiger partial charge in [0.05, 0.1) is 5.69 Å². The Morgan fingerprint density at radius 3 is 2.12 bits per heavy atom. The van der Waals surface area contributed by atoms with Crippen LogP contribution >= 0.6 is 0 Å². The number of ether oxygens (including phenoxy) is 1. The van der Waals surface area contributed by atoms with Crippen molar-refractivity contribution in [2.45, 2.75) is 51.0 Å². The third-order valence-electron chi connectivity index (χ3n) is 8.38. The Morgan fingerprint density at radius 1 is 0.735 bits per heavy atom. The molecule has 0 atom stereocenters. The minimum Gasteiger partial charge on any atom is -0.457 e. The normalized spacial score (nSPS) is 20.8. The Kier molecular flexibility index (Phi) is 5.96. The molecule has 0 radical (unpaired) electrons. The van der Waals surface area contributed by atoms with Crippen LogP contribution in [0.2, 0.25) is 0 Å². The molecule has 0 amide bonds. The van der Waals surface area contributed by atoms with E-state index < -0.39 is 0 Å². The van der Waals surface area contributed by atoms with E-state index in [0.717, 1.165) is 47.7 Å². The Bertz CT molecular complexity index is 1080. The summed E-state index contributed by atoms with van der Waals surface area (Å²) in [5.41, 5.74) is 2.35. The standard InChI is InChI=1S/C29H34N4O/c1-2-9-24(10-3-1)34-27-12-5-4-11-25(27)26-13-14-28(31-30-26)33-21-17-29(18-22-33)15-19-32(20-16-29)23-7-6-8-23/h1-5,9-14,23H,6-8,15-22H2. The molecule has 6 rings (SSSR count). The zero-order valence-corrected chi connectivity index (χ0v) is 19.9. The molecule has 1 aromatic heterocycles. The van der Waals surface area contributed by atoms with Crippen LogP contribution in [0, 0.1) is 5.41 Å². The summed E-state index contributed by atoms with van der Waals surface area (Å²) >= 11 is 0. The van der Waals surface area contributed by atoms with Gasteiger partial charge in [-0.15, -0.1) is 10.2 Å². The molecule has 0 unspecified atom stereocenters. The second-order valence-corrected chi connectivity index (χ2v) is 10.3. The van der Waals surface area contributed by atoms with Crippen molar-refractivity contribution in [2.24, 2.45) is 5.41 Å². The van der Waals surface area contributed by atoms with Gasteiger partial charge in [0.1, 0.15) is 11.5 Å². The maximum Gasteiger partial charge on any atom is 0.151 e. The first kappa shape index (κ1) is 21.6. The van der Waals surface area contributed by atoms with E-state index in [1.807, 2.05) is 54.6 Å². The minimum absolute atomic E-state index is 0.553. The van der Waals surface area contributed by atoms with Gasteiger partial charge in [-0.2, -0.15) is 0 Å². The van der Waals surface area contributed by atoms with Crippen LogP contribution in [0.1, 0.15) is 44.9 Å². The summed E-state index contributed by atoms with van der Waals surface area (Å²) in [7, 11) is 0. The third kappa shape index (κ3) is 4.41. The fourth-order valence-corrected chi connectivity index (χ4v) is 5.85. The molecule has 2 aliphatic heterocycles. The van der Waals surface area contributed by atoms with Gasteiger partial charge < -0.3 is 14.5 Å². The number of rotatable bonds is 5. The first-order valence-corrected chi connectivity index (χ1v) is 12.9. The molecule has 3 aromatic rings. The summed E-state index contributed by atoms with van der Waals surface area (Å²) in [4.78, 5) is 5.19. The van der Waals surface area contributed by atoms with E-state index in [0.29, 0.717) is 5.41 Å². The number of para-hydroxylation sites is 2. The highest BCUT2D eigenvalue weighted by Gasteiger charge is 2.39. The second kappa shape index (κ2) is 9.38. The lowest BCUT2D eigenvalue weighted by Gasteiger charge is -2.50. The van der Waals surface area contributed by atoms with Crippen LogP contribution in [0.4, 0.5) is 5.82 Å². The smallest absolute Gasteiger partial charge is 0.151 e. The van der Waals surface area contributed by atoms with Crippen LogP contribution < -0.4 is 9.64 Å². The van der Waals surface area contributed by atoms with E-state index in [9.17, 15) is 0 Å². The molecule has 0 bridgehead atoms. The Hall–Kier alpha value is -2.92. The van der Waals surface area contributed by atoms with Crippen LogP contribution in [0.3, 0.4) is 0 Å². The zero-order valence-electron chi connectivity index (χ0n) is 19.9. The van der Waals surface area contributed by atoms with E-state index in [1.165, 1.54) is 58.0 Å². The van der Waals surface area contributed by atoms with Crippen molar-refractivity contribution < 1.29 is 4.74 Å². The third-order valence-corrected chi connectivity index (χ3v) is 8.38. The molecule has 1 aliphatic carbocycles. The number of benzene rings is 2. The van der Waals surface area contributed by atoms with E-state index in [4.69, 9.17) is 4.74 Å². The number of aromatic nitrogens is 2. The Labute approximate surface area is 202 Å². The summed E-state index contributed by atoms with van der Waals surface area (Å²) in [6.45, 7) is 4.80. The maximum absolute atomic E-state index is 6.13. The van der Waals surface area contributed by atoms with Crippen molar-refractivity contribution in [3.8, 4) is 22.8 Å². The molecule has 2 saturated heterocycles. The summed E-state index contributed by atoms with van der Waals surface area (Å²) in [5.74, 6) is 2.61. The molecular formula is C29H34N4O. The first-order chi connectivity index (χ1) is 16.8. The number of hydrogen-bond acceptors (Lipinski definition) is 5. The summed E-state index contributed by atoms with van der Waals surface area (Å²) in [6, 6.07) is 23.0. The molecule has 5 nitrogen and oxygen atoms in total. The average Bonchev–Trinajstić information content (AvgIpc) is 2.86. The fraction of sp³-hybridized carbons (Fsp3) is 0.448. The number of likely N-dealkylation sites (tertiary alicyclic amines) is 1. The first-order valence-electron chi connectivity index (χ1n) is 12.9. The molecule has 3 fully saturated rings. The van der Waals surface area contributed by atoms with E-state index in [2.05, 4.69) is 32.1 Å². The molecule has 3 heterocycles. The van der Waals surface area contributed by atoms with Gasteiger partial charge in [0, 0.05) is 24.7 Å². The topological polar surface area (TPSA) is 41.5 Å². The maximum atomic E-state index is 6.13. The summed E-state index contributed by atoms with van der Waals surface area (Å²) in [5, 5.41) is 9.22. The molecule has 176 valence electrons. The number of piperidine rings is 2. The van der Waals surface area contributed by atoms with Crippen molar-refractivity contribution >= 4 is 5.82 Å². The molecule has 3 aliphatic rings. The van der Waals surface area contributed by atoms with Gasteiger partial charge in [-0.25, -0.2) is 0 Å². The van der Waals surface area contributed by atoms with Crippen LogP contribution in [0.5, 0.6) is 11.5 Å². The molecule has 0 N–H and O–H groups in total. The highest BCUT2D eigenvalue weighted by atomic mass is 16.5. The van der Waals surface area contributed by atoms with Crippen molar-refractivity contribution in [1.29, 1.82) is 0 Å². The van der Waals surface area contributed by atoms with Gasteiger partial charge >= 0.3 is 0 Å². The molecule has 34 heavy (non-hydrogen) atoms. The largest absolute Gasteiger partial charge is 0.457 e. The number of hydrogen-bond donors (Lipinski definition) is 0. The van der Waals surface area contributed by atoms with Crippen LogP contribution in [0.25, 0.3) is 11.3 Å². The molecule has 5 heteroatoms. The van der Waals surface area contributed by atoms with Crippen molar-refractivity contribution in [3.63, 3.8) is 0 Å². The van der Waals surface area contributed by atoms with Gasteiger partial charge in [-0.1, -0.05) is 36.8 Å². The Morgan fingerprint density at radius 2 is 1.44 bits per heavy atom. The number of anilines is 1.